The number of rotatable bonds is 13. The zero-order chi connectivity index (χ0) is 25.3. The van der Waals surface area contributed by atoms with E-state index in [1.54, 1.807) is 10.6 Å². The van der Waals surface area contributed by atoms with Crippen LogP contribution in [0.25, 0.3) is 26.7 Å². The highest BCUT2D eigenvalue weighted by molar-refractivity contribution is 7.21. The molecule has 0 fully saturated rings. The molecule has 4 rings (SSSR count). The van der Waals surface area contributed by atoms with Crippen molar-refractivity contribution in [3.63, 3.8) is 0 Å². The first kappa shape index (κ1) is 26.0. The molecule has 0 bridgehead atoms. The number of pyridine rings is 1. The molecule has 4 aromatic rings. The van der Waals surface area contributed by atoms with Crippen LogP contribution in [0.1, 0.15) is 80.8 Å². The Bertz CT molecular complexity index is 1360. The van der Waals surface area contributed by atoms with Gasteiger partial charge in [-0.3, -0.25) is 9.36 Å². The maximum atomic E-state index is 13.4. The summed E-state index contributed by atoms with van der Waals surface area (Å²) in [5, 5.41) is 2.06. The molecule has 2 aromatic heterocycles. The van der Waals surface area contributed by atoms with Gasteiger partial charge in [-0.05, 0) is 30.0 Å². The number of ether oxygens (including phenoxy) is 1. The lowest BCUT2D eigenvalue weighted by Gasteiger charge is -2.10. The van der Waals surface area contributed by atoms with Crippen molar-refractivity contribution in [3.8, 4) is 5.69 Å². The summed E-state index contributed by atoms with van der Waals surface area (Å²) in [6, 6.07) is 16.9. The average Bonchev–Trinajstić information content (AvgIpc) is 3.25. The fourth-order valence-electron chi connectivity index (χ4n) is 4.73. The molecule has 6 heteroatoms. The van der Waals surface area contributed by atoms with Gasteiger partial charge in [-0.15, -0.1) is 11.3 Å². The Morgan fingerprint density at radius 2 is 1.42 bits per heavy atom. The SMILES string of the molecule is CCCCCCCCCCCCOC(=O)c1sc2c(c1N)c1ccccc1c(=O)n2-c1ccccc1. The van der Waals surface area contributed by atoms with Gasteiger partial charge in [0.2, 0.25) is 0 Å². The number of carbonyl (C=O) groups excluding carboxylic acids is 1. The Hall–Kier alpha value is -3.12. The zero-order valence-corrected chi connectivity index (χ0v) is 21.9. The summed E-state index contributed by atoms with van der Waals surface area (Å²) in [7, 11) is 0. The number of nitrogens with two attached hydrogens (primary N) is 1. The number of anilines is 1. The van der Waals surface area contributed by atoms with Crippen molar-refractivity contribution in [2.24, 2.45) is 0 Å². The first-order chi connectivity index (χ1) is 17.6. The molecule has 0 atom stereocenters. The van der Waals surface area contributed by atoms with Crippen LogP contribution in [0, 0.1) is 0 Å². The van der Waals surface area contributed by atoms with Crippen molar-refractivity contribution in [2.45, 2.75) is 71.1 Å². The van der Waals surface area contributed by atoms with Crippen molar-refractivity contribution < 1.29 is 9.53 Å². The fraction of sp³-hybridized carbons (Fsp3) is 0.400. The molecule has 0 saturated carbocycles. The van der Waals surface area contributed by atoms with Gasteiger partial charge in [0, 0.05) is 10.8 Å². The number of hydrogen-bond acceptors (Lipinski definition) is 5. The largest absolute Gasteiger partial charge is 0.461 e. The molecular weight excluding hydrogens is 468 g/mol. The molecule has 190 valence electrons. The fourth-order valence-corrected chi connectivity index (χ4v) is 5.88. The lowest BCUT2D eigenvalue weighted by atomic mass is 10.1. The van der Waals surface area contributed by atoms with Gasteiger partial charge >= 0.3 is 5.97 Å². The summed E-state index contributed by atoms with van der Waals surface area (Å²) in [5.41, 5.74) is 7.52. The number of carbonyl (C=O) groups is 1. The Morgan fingerprint density at radius 3 is 2.08 bits per heavy atom. The third-order valence-electron chi connectivity index (χ3n) is 6.69. The predicted molar refractivity (Wildman–Crippen MR) is 151 cm³/mol. The van der Waals surface area contributed by atoms with Crippen LogP contribution in [0.5, 0.6) is 0 Å². The number of fused-ring (bicyclic) bond motifs is 3. The number of esters is 1. The van der Waals surface area contributed by atoms with E-state index in [0.29, 0.717) is 27.4 Å². The van der Waals surface area contributed by atoms with Gasteiger partial charge in [0.1, 0.15) is 9.71 Å². The van der Waals surface area contributed by atoms with E-state index in [1.165, 1.54) is 62.7 Å². The molecule has 2 aromatic carbocycles. The molecule has 0 aliphatic rings. The molecule has 0 radical (unpaired) electrons. The third-order valence-corrected chi connectivity index (χ3v) is 7.86. The summed E-state index contributed by atoms with van der Waals surface area (Å²) in [4.78, 5) is 27.4. The highest BCUT2D eigenvalue weighted by atomic mass is 32.1. The maximum Gasteiger partial charge on any atom is 0.350 e. The van der Waals surface area contributed by atoms with Gasteiger partial charge in [0.05, 0.1) is 18.0 Å². The number of thiophene rings is 1. The summed E-state index contributed by atoms with van der Waals surface area (Å²) < 4.78 is 7.25. The summed E-state index contributed by atoms with van der Waals surface area (Å²) in [5.74, 6) is -0.416. The number of benzene rings is 2. The number of para-hydroxylation sites is 1. The average molecular weight is 505 g/mol. The Morgan fingerprint density at radius 1 is 0.833 bits per heavy atom. The molecule has 0 unspecified atom stereocenters. The second-order valence-corrected chi connectivity index (χ2v) is 10.4. The molecule has 2 heterocycles. The highest BCUT2D eigenvalue weighted by Gasteiger charge is 2.23. The zero-order valence-electron chi connectivity index (χ0n) is 21.1. The van der Waals surface area contributed by atoms with Crippen LogP contribution in [0.3, 0.4) is 0 Å². The van der Waals surface area contributed by atoms with Crippen molar-refractivity contribution >= 4 is 44.0 Å². The van der Waals surface area contributed by atoms with Crippen LogP contribution in [-0.2, 0) is 4.74 Å². The van der Waals surface area contributed by atoms with E-state index in [1.807, 2.05) is 48.5 Å². The Kier molecular flexibility index (Phi) is 9.17. The van der Waals surface area contributed by atoms with E-state index in [4.69, 9.17) is 10.5 Å². The third kappa shape index (κ3) is 5.81. The van der Waals surface area contributed by atoms with Crippen LogP contribution >= 0.6 is 11.3 Å². The van der Waals surface area contributed by atoms with Crippen LogP contribution in [0.4, 0.5) is 5.69 Å². The van der Waals surface area contributed by atoms with Gasteiger partial charge in [0.25, 0.3) is 5.56 Å². The monoisotopic (exact) mass is 504 g/mol. The van der Waals surface area contributed by atoms with Gasteiger partial charge in [-0.1, -0.05) is 101 Å². The number of aromatic nitrogens is 1. The first-order valence-corrected chi connectivity index (χ1v) is 14.0. The Balaban J connectivity index is 1.45. The van der Waals surface area contributed by atoms with E-state index < -0.39 is 5.97 Å². The minimum atomic E-state index is -0.416. The number of unbranched alkanes of at least 4 members (excludes halogenated alkanes) is 9. The number of hydrogen-bond donors (Lipinski definition) is 1. The second-order valence-electron chi connectivity index (χ2n) is 9.36. The van der Waals surface area contributed by atoms with Crippen LogP contribution < -0.4 is 11.3 Å². The molecule has 0 saturated heterocycles. The van der Waals surface area contributed by atoms with Gasteiger partial charge < -0.3 is 10.5 Å². The summed E-state index contributed by atoms with van der Waals surface area (Å²) >= 11 is 1.23. The van der Waals surface area contributed by atoms with E-state index in [2.05, 4.69) is 6.92 Å². The lowest BCUT2D eigenvalue weighted by molar-refractivity contribution is 0.0504. The van der Waals surface area contributed by atoms with Gasteiger partial charge in [-0.25, -0.2) is 4.79 Å². The number of nitrogens with zero attached hydrogens (tertiary/aromatic N) is 1. The summed E-state index contributed by atoms with van der Waals surface area (Å²) in [6.45, 7) is 2.63. The maximum absolute atomic E-state index is 13.4. The normalized spacial score (nSPS) is 11.4. The first-order valence-electron chi connectivity index (χ1n) is 13.2. The van der Waals surface area contributed by atoms with Crippen molar-refractivity contribution in [1.82, 2.24) is 4.57 Å². The van der Waals surface area contributed by atoms with Gasteiger partial charge in [-0.2, -0.15) is 0 Å². The van der Waals surface area contributed by atoms with E-state index in [-0.39, 0.29) is 5.56 Å². The van der Waals surface area contributed by atoms with Crippen LogP contribution in [0.2, 0.25) is 0 Å². The van der Waals surface area contributed by atoms with E-state index in [0.717, 1.165) is 29.3 Å². The standard InChI is InChI=1S/C30H36N2O3S/c1-2-3-4-5-6-7-8-9-10-16-21-35-30(34)27-26(31)25-23-19-14-15-20-24(23)28(33)32(29(25)36-27)22-17-12-11-13-18-22/h11-15,17-20H,2-10,16,21,31H2,1H3. The Labute approximate surface area is 216 Å². The molecule has 5 nitrogen and oxygen atoms in total. The molecule has 0 aliphatic heterocycles. The van der Waals surface area contributed by atoms with E-state index >= 15 is 0 Å². The van der Waals surface area contributed by atoms with Crippen molar-refractivity contribution in [1.29, 1.82) is 0 Å². The van der Waals surface area contributed by atoms with Crippen molar-refractivity contribution in [3.05, 3.63) is 69.8 Å². The molecule has 36 heavy (non-hydrogen) atoms. The predicted octanol–water partition coefficient (Wildman–Crippen LogP) is 7.87. The van der Waals surface area contributed by atoms with Crippen LogP contribution in [0.15, 0.2) is 59.4 Å². The van der Waals surface area contributed by atoms with E-state index in [9.17, 15) is 9.59 Å². The highest BCUT2D eigenvalue weighted by Crippen LogP contribution is 2.38. The smallest absolute Gasteiger partial charge is 0.350 e. The van der Waals surface area contributed by atoms with Gasteiger partial charge in [0.15, 0.2) is 0 Å². The molecule has 0 aliphatic carbocycles. The molecule has 2 N–H and O–H groups in total. The second kappa shape index (κ2) is 12.7. The molecule has 0 spiro atoms. The summed E-state index contributed by atoms with van der Waals surface area (Å²) in [6.07, 6.45) is 12.3. The topological polar surface area (TPSA) is 74.3 Å². The molecular formula is C30H36N2O3S. The molecule has 0 amide bonds. The number of nitrogen functional groups attached to an aromatic ring is 1. The minimum Gasteiger partial charge on any atom is -0.461 e. The van der Waals surface area contributed by atoms with Crippen molar-refractivity contribution in [2.75, 3.05) is 12.3 Å². The quantitative estimate of drug-likeness (QED) is 0.148. The van der Waals surface area contributed by atoms with Crippen LogP contribution in [-0.4, -0.2) is 17.1 Å². The minimum absolute atomic E-state index is 0.129. The lowest BCUT2D eigenvalue weighted by Crippen LogP contribution is -2.18.